The average Bonchev–Trinajstić information content (AvgIpc) is 3.20. The molecule has 1 aromatic carbocycles. The van der Waals surface area contributed by atoms with Gasteiger partial charge in [-0.15, -0.1) is 0 Å². The molecule has 0 bridgehead atoms. The molecular weight excluding hydrogens is 344 g/mol. The maximum Gasteiger partial charge on any atom is 0.326 e. The van der Waals surface area contributed by atoms with Gasteiger partial charge in [0.15, 0.2) is 0 Å². The Labute approximate surface area is 156 Å². The number of aliphatic carboxylic acids is 1. The number of carboxylic acid groups (broad SMARTS) is 1. The molecule has 0 fully saturated rings. The minimum atomic E-state index is -0.991. The summed E-state index contributed by atoms with van der Waals surface area (Å²) in [6.45, 7) is 2.30. The number of rotatable bonds is 4. The Hall–Kier alpha value is -3.09. The Morgan fingerprint density at radius 2 is 2.11 bits per heavy atom. The number of aromatic amines is 1. The van der Waals surface area contributed by atoms with Gasteiger partial charge in [-0.25, -0.2) is 4.79 Å². The first-order chi connectivity index (χ1) is 13.0. The number of fused-ring (bicyclic) bond motifs is 3. The highest BCUT2D eigenvalue weighted by Gasteiger charge is 2.37. The van der Waals surface area contributed by atoms with Crippen molar-refractivity contribution in [3.05, 3.63) is 53.0 Å². The van der Waals surface area contributed by atoms with Crippen LogP contribution in [0.3, 0.4) is 0 Å². The molecule has 1 aliphatic heterocycles. The van der Waals surface area contributed by atoms with Crippen LogP contribution in [-0.4, -0.2) is 42.7 Å². The summed E-state index contributed by atoms with van der Waals surface area (Å²) in [7, 11) is 1.72. The summed E-state index contributed by atoms with van der Waals surface area (Å²) in [4.78, 5) is 29.9. The fourth-order valence-electron chi connectivity index (χ4n) is 3.89. The van der Waals surface area contributed by atoms with E-state index in [9.17, 15) is 14.7 Å². The lowest BCUT2D eigenvalue weighted by Gasteiger charge is -2.33. The van der Waals surface area contributed by atoms with Crippen LogP contribution in [0.5, 0.6) is 0 Å². The third-order valence-electron chi connectivity index (χ3n) is 5.21. The van der Waals surface area contributed by atoms with Crippen LogP contribution in [0.4, 0.5) is 0 Å². The molecule has 4 rings (SSSR count). The van der Waals surface area contributed by atoms with Crippen LogP contribution in [0.1, 0.15) is 40.8 Å². The Morgan fingerprint density at radius 3 is 2.85 bits per heavy atom. The molecule has 0 aliphatic carbocycles. The Kier molecular flexibility index (Phi) is 4.22. The lowest BCUT2D eigenvalue weighted by Crippen LogP contribution is -2.49. The maximum atomic E-state index is 13.2. The zero-order valence-corrected chi connectivity index (χ0v) is 15.4. The highest BCUT2D eigenvalue weighted by atomic mass is 16.4. The van der Waals surface area contributed by atoms with Crippen LogP contribution in [0.25, 0.3) is 10.9 Å². The molecule has 0 radical (unpaired) electrons. The van der Waals surface area contributed by atoms with Crippen molar-refractivity contribution >= 4 is 22.8 Å². The predicted octanol–water partition coefficient (Wildman–Crippen LogP) is 2.51. The van der Waals surface area contributed by atoms with Crippen molar-refractivity contribution in [3.63, 3.8) is 0 Å². The first-order valence-corrected chi connectivity index (χ1v) is 9.14. The number of benzene rings is 1. The molecule has 0 saturated carbocycles. The summed E-state index contributed by atoms with van der Waals surface area (Å²) < 4.78 is 1.55. The van der Waals surface area contributed by atoms with E-state index in [0.29, 0.717) is 12.1 Å². The number of aryl methyl sites for hydroxylation is 2. The van der Waals surface area contributed by atoms with E-state index in [1.807, 2.05) is 24.3 Å². The van der Waals surface area contributed by atoms with E-state index in [0.717, 1.165) is 40.7 Å². The van der Waals surface area contributed by atoms with E-state index in [-0.39, 0.29) is 12.5 Å². The number of aromatic nitrogens is 3. The summed E-state index contributed by atoms with van der Waals surface area (Å²) in [5.41, 5.74) is 4.12. The summed E-state index contributed by atoms with van der Waals surface area (Å²) in [6.07, 6.45) is 2.01. The van der Waals surface area contributed by atoms with Crippen molar-refractivity contribution in [2.75, 3.05) is 0 Å². The number of amides is 1. The monoisotopic (exact) mass is 366 g/mol. The summed E-state index contributed by atoms with van der Waals surface area (Å²) in [5, 5.41) is 15.2. The molecule has 2 aromatic heterocycles. The molecular formula is C20H22N4O3. The largest absolute Gasteiger partial charge is 0.480 e. The number of para-hydroxylation sites is 1. The molecule has 1 atom stereocenters. The van der Waals surface area contributed by atoms with Crippen molar-refractivity contribution in [3.8, 4) is 0 Å². The number of H-pyrrole nitrogens is 1. The number of hydrogen-bond acceptors (Lipinski definition) is 3. The molecule has 7 nitrogen and oxygen atoms in total. The Bertz CT molecular complexity index is 1030. The molecule has 0 saturated heterocycles. The smallest absolute Gasteiger partial charge is 0.326 e. The number of nitrogens with zero attached hydrogens (tertiary/aromatic N) is 3. The van der Waals surface area contributed by atoms with Crippen LogP contribution in [-0.2, 0) is 31.2 Å². The normalized spacial score (nSPS) is 16.5. The van der Waals surface area contributed by atoms with Crippen LogP contribution >= 0.6 is 0 Å². The number of nitrogens with one attached hydrogen (secondary N) is 1. The van der Waals surface area contributed by atoms with Gasteiger partial charge in [0.1, 0.15) is 11.7 Å². The predicted molar refractivity (Wildman–Crippen MR) is 101 cm³/mol. The average molecular weight is 366 g/mol. The van der Waals surface area contributed by atoms with Crippen molar-refractivity contribution in [2.45, 2.75) is 38.8 Å². The Balaban J connectivity index is 1.73. The second-order valence-electron chi connectivity index (χ2n) is 7.01. The molecule has 3 aromatic rings. The standard InChI is InChI=1S/C20H22N4O3/c1-3-6-12-9-17(23(2)22-12)19(25)24-11-16-14(10-18(24)20(26)27)13-7-4-5-8-15(13)21-16/h4-5,7-9,18,21H,3,6,10-11H2,1-2H3,(H,26,27)/t18-/m0/s1. The second kappa shape index (κ2) is 6.57. The van der Waals surface area contributed by atoms with E-state index >= 15 is 0 Å². The molecule has 140 valence electrons. The maximum absolute atomic E-state index is 13.2. The van der Waals surface area contributed by atoms with Crippen molar-refractivity contribution in [1.29, 1.82) is 0 Å². The van der Waals surface area contributed by atoms with E-state index in [1.165, 1.54) is 4.90 Å². The summed E-state index contributed by atoms with van der Waals surface area (Å²) in [6, 6.07) is 8.70. The van der Waals surface area contributed by atoms with Gasteiger partial charge in [-0.05, 0) is 24.1 Å². The molecule has 3 heterocycles. The number of hydrogen-bond donors (Lipinski definition) is 2. The SMILES string of the molecule is CCCc1cc(C(=O)N2Cc3[nH]c4ccccc4c3C[C@H]2C(=O)O)n(C)n1. The van der Waals surface area contributed by atoms with E-state index in [2.05, 4.69) is 17.0 Å². The van der Waals surface area contributed by atoms with Crippen molar-refractivity contribution in [1.82, 2.24) is 19.7 Å². The lowest BCUT2D eigenvalue weighted by atomic mass is 9.96. The van der Waals surface area contributed by atoms with Gasteiger partial charge in [0.2, 0.25) is 0 Å². The van der Waals surface area contributed by atoms with E-state index in [1.54, 1.807) is 17.8 Å². The van der Waals surface area contributed by atoms with Gasteiger partial charge in [-0.3, -0.25) is 9.48 Å². The van der Waals surface area contributed by atoms with Gasteiger partial charge < -0.3 is 15.0 Å². The number of carbonyl (C=O) groups excluding carboxylic acids is 1. The van der Waals surface area contributed by atoms with Gasteiger partial charge >= 0.3 is 5.97 Å². The van der Waals surface area contributed by atoms with Gasteiger partial charge in [0.25, 0.3) is 5.91 Å². The highest BCUT2D eigenvalue weighted by Crippen LogP contribution is 2.31. The minimum absolute atomic E-state index is 0.244. The van der Waals surface area contributed by atoms with Gasteiger partial charge in [-0.2, -0.15) is 5.10 Å². The van der Waals surface area contributed by atoms with E-state index < -0.39 is 12.0 Å². The number of carbonyl (C=O) groups is 2. The number of carboxylic acids is 1. The molecule has 1 amide bonds. The van der Waals surface area contributed by atoms with Crippen molar-refractivity contribution < 1.29 is 14.7 Å². The van der Waals surface area contributed by atoms with Gasteiger partial charge in [0, 0.05) is 30.1 Å². The first-order valence-electron chi connectivity index (χ1n) is 9.14. The second-order valence-corrected chi connectivity index (χ2v) is 7.01. The van der Waals surface area contributed by atoms with Gasteiger partial charge in [-0.1, -0.05) is 31.5 Å². The summed E-state index contributed by atoms with van der Waals surface area (Å²) >= 11 is 0. The molecule has 2 N–H and O–H groups in total. The van der Waals surface area contributed by atoms with Crippen LogP contribution in [0.15, 0.2) is 30.3 Å². The minimum Gasteiger partial charge on any atom is -0.480 e. The highest BCUT2D eigenvalue weighted by molar-refractivity contribution is 5.96. The topological polar surface area (TPSA) is 91.2 Å². The van der Waals surface area contributed by atoms with E-state index in [4.69, 9.17) is 0 Å². The first kappa shape index (κ1) is 17.3. The third kappa shape index (κ3) is 2.89. The zero-order valence-electron chi connectivity index (χ0n) is 15.4. The lowest BCUT2D eigenvalue weighted by molar-refractivity contribution is -0.142. The van der Waals surface area contributed by atoms with Crippen LogP contribution in [0.2, 0.25) is 0 Å². The van der Waals surface area contributed by atoms with Crippen LogP contribution in [0, 0.1) is 0 Å². The molecule has 0 spiro atoms. The van der Waals surface area contributed by atoms with Gasteiger partial charge in [0.05, 0.1) is 12.2 Å². The summed E-state index contributed by atoms with van der Waals surface area (Å²) in [5.74, 6) is -1.29. The van der Waals surface area contributed by atoms with Crippen molar-refractivity contribution in [2.24, 2.45) is 7.05 Å². The quantitative estimate of drug-likeness (QED) is 0.742. The molecule has 27 heavy (non-hydrogen) atoms. The molecule has 1 aliphatic rings. The fourth-order valence-corrected chi connectivity index (χ4v) is 3.89. The molecule has 7 heteroatoms. The fraction of sp³-hybridized carbons (Fsp3) is 0.350. The molecule has 0 unspecified atom stereocenters. The van der Waals surface area contributed by atoms with Crippen LogP contribution < -0.4 is 0 Å². The third-order valence-corrected chi connectivity index (χ3v) is 5.21. The Morgan fingerprint density at radius 1 is 1.33 bits per heavy atom. The zero-order chi connectivity index (χ0) is 19.1.